The van der Waals surface area contributed by atoms with Gasteiger partial charge in [-0.1, -0.05) is 44.2 Å². The molecule has 1 atom stereocenters. The first kappa shape index (κ1) is 18.7. The molecular weight excluding hydrogens is 318 g/mol. The van der Waals surface area contributed by atoms with Crippen LogP contribution in [0, 0.1) is 5.92 Å². The van der Waals surface area contributed by atoms with Crippen molar-refractivity contribution in [3.8, 4) is 0 Å². The Hall–Kier alpha value is -2.60. The first-order valence-electron chi connectivity index (χ1n) is 8.43. The minimum Gasteiger partial charge on any atom is -0.393 e. The highest BCUT2D eigenvalue weighted by atomic mass is 16.3. The van der Waals surface area contributed by atoms with E-state index in [2.05, 4.69) is 10.6 Å². The van der Waals surface area contributed by atoms with Gasteiger partial charge < -0.3 is 20.3 Å². The van der Waals surface area contributed by atoms with Crippen molar-refractivity contribution in [2.45, 2.75) is 32.9 Å². The summed E-state index contributed by atoms with van der Waals surface area (Å²) in [6.45, 7) is 4.63. The number of urea groups is 1. The van der Waals surface area contributed by atoms with E-state index in [1.165, 1.54) is 0 Å². The number of amides is 2. The van der Waals surface area contributed by atoms with E-state index >= 15 is 0 Å². The van der Waals surface area contributed by atoms with Crippen LogP contribution in [-0.2, 0) is 6.54 Å². The van der Waals surface area contributed by atoms with Crippen LogP contribution in [0.1, 0.15) is 25.8 Å². The van der Waals surface area contributed by atoms with Crippen LogP contribution in [0.2, 0.25) is 0 Å². The van der Waals surface area contributed by atoms with E-state index in [0.29, 0.717) is 19.5 Å². The first-order valence-corrected chi connectivity index (χ1v) is 8.43. The number of rotatable bonds is 7. The second kappa shape index (κ2) is 9.03. The molecule has 1 heterocycles. The molecule has 25 heavy (non-hydrogen) atoms. The molecule has 3 N–H and O–H groups in total. The van der Waals surface area contributed by atoms with Gasteiger partial charge in [0.25, 0.3) is 5.56 Å². The largest absolute Gasteiger partial charge is 0.393 e. The van der Waals surface area contributed by atoms with Crippen LogP contribution in [0.15, 0.2) is 53.5 Å². The standard InChI is InChI=1S/C19H25N3O3/c1-14(2)17(23)10-11-20-19(25)21-16-9-6-12-22(18(16)24)13-15-7-4-3-5-8-15/h3-9,12,14,17,23H,10-11,13H2,1-2H3,(H2,20,21,25). The summed E-state index contributed by atoms with van der Waals surface area (Å²) in [6.07, 6.45) is 1.70. The molecular formula is C19H25N3O3. The fourth-order valence-corrected chi connectivity index (χ4v) is 2.37. The number of hydrogen-bond acceptors (Lipinski definition) is 3. The third kappa shape index (κ3) is 5.76. The summed E-state index contributed by atoms with van der Waals surface area (Å²) < 4.78 is 1.55. The molecule has 0 spiro atoms. The molecule has 0 fully saturated rings. The molecule has 0 radical (unpaired) electrons. The van der Waals surface area contributed by atoms with Gasteiger partial charge in [0.15, 0.2) is 0 Å². The average molecular weight is 343 g/mol. The predicted molar refractivity (Wildman–Crippen MR) is 98.7 cm³/mol. The lowest BCUT2D eigenvalue weighted by molar-refractivity contribution is 0.117. The number of hydrogen-bond donors (Lipinski definition) is 3. The Bertz CT molecular complexity index is 741. The van der Waals surface area contributed by atoms with Crippen molar-refractivity contribution in [3.63, 3.8) is 0 Å². The van der Waals surface area contributed by atoms with E-state index < -0.39 is 12.1 Å². The molecule has 6 nitrogen and oxygen atoms in total. The Kier molecular flexibility index (Phi) is 6.77. The summed E-state index contributed by atoms with van der Waals surface area (Å²) in [6, 6.07) is 12.5. The molecule has 0 aliphatic rings. The van der Waals surface area contributed by atoms with Crippen LogP contribution in [0.3, 0.4) is 0 Å². The van der Waals surface area contributed by atoms with Crippen LogP contribution in [-0.4, -0.2) is 28.4 Å². The van der Waals surface area contributed by atoms with Crippen LogP contribution >= 0.6 is 0 Å². The summed E-state index contributed by atoms with van der Waals surface area (Å²) in [5, 5.41) is 15.0. The van der Waals surface area contributed by atoms with Crippen molar-refractivity contribution in [1.29, 1.82) is 0 Å². The predicted octanol–water partition coefficient (Wildman–Crippen LogP) is 2.43. The molecule has 0 aliphatic heterocycles. The van der Waals surface area contributed by atoms with E-state index in [1.807, 2.05) is 44.2 Å². The maximum absolute atomic E-state index is 12.5. The molecule has 1 aromatic carbocycles. The number of carbonyl (C=O) groups is 1. The van der Waals surface area contributed by atoms with Gasteiger partial charge >= 0.3 is 6.03 Å². The smallest absolute Gasteiger partial charge is 0.319 e. The van der Waals surface area contributed by atoms with E-state index in [0.717, 1.165) is 5.56 Å². The fourth-order valence-electron chi connectivity index (χ4n) is 2.37. The number of aliphatic hydroxyl groups excluding tert-OH is 1. The average Bonchev–Trinajstić information content (AvgIpc) is 2.59. The highest BCUT2D eigenvalue weighted by molar-refractivity contribution is 5.88. The third-order valence-electron chi connectivity index (χ3n) is 3.96. The molecule has 0 saturated carbocycles. The summed E-state index contributed by atoms with van der Waals surface area (Å²) in [7, 11) is 0. The third-order valence-corrected chi connectivity index (χ3v) is 3.96. The summed E-state index contributed by atoms with van der Waals surface area (Å²) in [5.74, 6) is 0.143. The van der Waals surface area contributed by atoms with E-state index in [4.69, 9.17) is 0 Å². The SMILES string of the molecule is CC(C)C(O)CCNC(=O)Nc1cccn(Cc2ccccc2)c1=O. The lowest BCUT2D eigenvalue weighted by atomic mass is 10.0. The van der Waals surface area contributed by atoms with Gasteiger partial charge in [-0.2, -0.15) is 0 Å². The van der Waals surface area contributed by atoms with Gasteiger partial charge in [-0.3, -0.25) is 4.79 Å². The van der Waals surface area contributed by atoms with Crippen molar-refractivity contribution in [2.75, 3.05) is 11.9 Å². The lowest BCUT2D eigenvalue weighted by Crippen LogP contribution is -2.34. The summed E-state index contributed by atoms with van der Waals surface area (Å²) >= 11 is 0. The lowest BCUT2D eigenvalue weighted by Gasteiger charge is -2.15. The van der Waals surface area contributed by atoms with Gasteiger partial charge in [0.05, 0.1) is 12.6 Å². The van der Waals surface area contributed by atoms with Crippen molar-refractivity contribution in [2.24, 2.45) is 5.92 Å². The van der Waals surface area contributed by atoms with Gasteiger partial charge in [-0.25, -0.2) is 4.79 Å². The maximum Gasteiger partial charge on any atom is 0.319 e. The van der Waals surface area contributed by atoms with Gasteiger partial charge in [-0.15, -0.1) is 0 Å². The van der Waals surface area contributed by atoms with E-state index in [1.54, 1.807) is 22.9 Å². The Morgan fingerprint density at radius 3 is 2.56 bits per heavy atom. The summed E-state index contributed by atoms with van der Waals surface area (Å²) in [5.41, 5.74) is 0.970. The van der Waals surface area contributed by atoms with Crippen LogP contribution < -0.4 is 16.2 Å². The normalized spacial score (nSPS) is 12.0. The molecule has 1 unspecified atom stereocenters. The van der Waals surface area contributed by atoms with Crippen LogP contribution in [0.5, 0.6) is 0 Å². The topological polar surface area (TPSA) is 83.4 Å². The first-order chi connectivity index (χ1) is 12.0. The van der Waals surface area contributed by atoms with Crippen LogP contribution in [0.4, 0.5) is 10.5 Å². The fraction of sp³-hybridized carbons (Fsp3) is 0.368. The number of anilines is 1. The van der Waals surface area contributed by atoms with Crippen molar-refractivity contribution in [3.05, 3.63) is 64.6 Å². The maximum atomic E-state index is 12.5. The zero-order valence-corrected chi connectivity index (χ0v) is 14.6. The molecule has 6 heteroatoms. The Morgan fingerprint density at radius 2 is 1.88 bits per heavy atom. The number of pyridine rings is 1. The van der Waals surface area contributed by atoms with Gasteiger partial charge in [-0.05, 0) is 30.0 Å². The number of nitrogens with zero attached hydrogens (tertiary/aromatic N) is 1. The molecule has 2 aromatic rings. The van der Waals surface area contributed by atoms with E-state index in [-0.39, 0.29) is 17.2 Å². The Labute approximate surface area is 147 Å². The number of nitrogens with one attached hydrogen (secondary N) is 2. The zero-order chi connectivity index (χ0) is 18.2. The van der Waals surface area contributed by atoms with Crippen LogP contribution in [0.25, 0.3) is 0 Å². The number of carbonyl (C=O) groups excluding carboxylic acids is 1. The van der Waals surface area contributed by atoms with Gasteiger partial charge in [0, 0.05) is 12.7 Å². The molecule has 0 bridgehead atoms. The Morgan fingerprint density at radius 1 is 1.16 bits per heavy atom. The van der Waals surface area contributed by atoms with E-state index in [9.17, 15) is 14.7 Å². The molecule has 134 valence electrons. The minimum atomic E-state index is -0.458. The van der Waals surface area contributed by atoms with Gasteiger partial charge in [0.2, 0.25) is 0 Å². The molecule has 0 aliphatic carbocycles. The van der Waals surface area contributed by atoms with Gasteiger partial charge in [0.1, 0.15) is 5.69 Å². The van der Waals surface area contributed by atoms with Crippen molar-refractivity contribution < 1.29 is 9.90 Å². The highest BCUT2D eigenvalue weighted by Crippen LogP contribution is 2.05. The Balaban J connectivity index is 1.95. The molecule has 1 aromatic heterocycles. The monoisotopic (exact) mass is 343 g/mol. The zero-order valence-electron chi connectivity index (χ0n) is 14.6. The minimum absolute atomic E-state index is 0.143. The van der Waals surface area contributed by atoms with Crippen molar-refractivity contribution >= 4 is 11.7 Å². The number of benzene rings is 1. The summed E-state index contributed by atoms with van der Waals surface area (Å²) in [4.78, 5) is 24.4. The molecule has 0 saturated heterocycles. The number of aromatic nitrogens is 1. The number of aliphatic hydroxyl groups is 1. The quantitative estimate of drug-likeness (QED) is 0.722. The highest BCUT2D eigenvalue weighted by Gasteiger charge is 2.11. The molecule has 2 amide bonds. The molecule has 2 rings (SSSR count). The second-order valence-corrected chi connectivity index (χ2v) is 6.32. The van der Waals surface area contributed by atoms with Crippen molar-refractivity contribution in [1.82, 2.24) is 9.88 Å². The second-order valence-electron chi connectivity index (χ2n) is 6.32.